The van der Waals surface area contributed by atoms with E-state index in [4.69, 9.17) is 14.0 Å². The van der Waals surface area contributed by atoms with E-state index in [2.05, 4.69) is 36.3 Å². The van der Waals surface area contributed by atoms with Crippen molar-refractivity contribution < 1.29 is 23.6 Å². The molecule has 9 heteroatoms. The van der Waals surface area contributed by atoms with Crippen LogP contribution in [0.2, 0.25) is 0 Å². The Balaban J connectivity index is 1.89. The lowest BCUT2D eigenvalue weighted by Gasteiger charge is -2.34. The zero-order valence-corrected chi connectivity index (χ0v) is 19.5. The van der Waals surface area contributed by atoms with E-state index in [0.717, 1.165) is 6.54 Å². The molecule has 3 atom stereocenters. The molecule has 1 aliphatic rings. The second kappa shape index (κ2) is 10.1. The number of amides is 2. The van der Waals surface area contributed by atoms with E-state index < -0.39 is 5.91 Å². The van der Waals surface area contributed by atoms with Crippen LogP contribution in [0.4, 0.5) is 5.69 Å². The van der Waals surface area contributed by atoms with Crippen molar-refractivity contribution in [3.63, 3.8) is 0 Å². The molecular formula is C23H32N4O5. The van der Waals surface area contributed by atoms with Gasteiger partial charge in [-0.3, -0.25) is 14.5 Å². The van der Waals surface area contributed by atoms with Crippen LogP contribution in [-0.4, -0.2) is 79.8 Å². The van der Waals surface area contributed by atoms with E-state index in [1.54, 1.807) is 50.2 Å². The molecule has 32 heavy (non-hydrogen) atoms. The highest BCUT2D eigenvalue weighted by molar-refractivity contribution is 6.03. The van der Waals surface area contributed by atoms with Gasteiger partial charge in [0.1, 0.15) is 18.1 Å². The zero-order chi connectivity index (χ0) is 23.4. The van der Waals surface area contributed by atoms with Crippen LogP contribution in [0.3, 0.4) is 0 Å². The topological polar surface area (TPSA) is 97.1 Å². The van der Waals surface area contributed by atoms with E-state index in [1.807, 2.05) is 0 Å². The van der Waals surface area contributed by atoms with Crippen LogP contribution in [-0.2, 0) is 4.74 Å². The van der Waals surface area contributed by atoms with Gasteiger partial charge in [0, 0.05) is 51.1 Å². The van der Waals surface area contributed by atoms with Crippen LogP contribution < -0.4 is 10.1 Å². The molecule has 3 rings (SSSR count). The fourth-order valence-corrected chi connectivity index (χ4v) is 3.70. The van der Waals surface area contributed by atoms with Gasteiger partial charge < -0.3 is 24.2 Å². The summed E-state index contributed by atoms with van der Waals surface area (Å²) in [6.45, 7) is 7.58. The first kappa shape index (κ1) is 23.7. The average Bonchev–Trinajstić information content (AvgIpc) is 3.20. The van der Waals surface area contributed by atoms with Crippen LogP contribution in [0.5, 0.6) is 5.75 Å². The normalized spacial score (nSPS) is 23.0. The van der Waals surface area contributed by atoms with Crippen molar-refractivity contribution in [1.82, 2.24) is 15.0 Å². The minimum Gasteiger partial charge on any atom is -0.491 e. The number of methoxy groups -OCH3 is 1. The lowest BCUT2D eigenvalue weighted by molar-refractivity contribution is 0.0150. The molecule has 0 aliphatic carbocycles. The molecule has 2 aromatic rings. The van der Waals surface area contributed by atoms with Gasteiger partial charge in [0.05, 0.1) is 11.7 Å². The van der Waals surface area contributed by atoms with Crippen molar-refractivity contribution in [2.45, 2.75) is 32.9 Å². The SMILES string of the molecule is CO[C@@H]1CN(C)C(=O)c2ccc(NC(=O)c3cc(C)on3)cc2OC[C@@H](C)N(C)C[C@H]1C. The molecule has 2 heterocycles. The minimum atomic E-state index is -0.400. The fraction of sp³-hybridized carbons (Fsp3) is 0.522. The lowest BCUT2D eigenvalue weighted by atomic mass is 10.0. The number of aryl methyl sites for hydroxylation is 1. The third-order valence-electron chi connectivity index (χ3n) is 5.88. The molecule has 1 aliphatic heterocycles. The summed E-state index contributed by atoms with van der Waals surface area (Å²) in [7, 11) is 5.48. The van der Waals surface area contributed by atoms with Crippen molar-refractivity contribution >= 4 is 17.5 Å². The molecule has 9 nitrogen and oxygen atoms in total. The Morgan fingerprint density at radius 2 is 1.97 bits per heavy atom. The van der Waals surface area contributed by atoms with Crippen molar-refractivity contribution in [2.75, 3.05) is 46.2 Å². The molecule has 174 valence electrons. The second-order valence-corrected chi connectivity index (χ2v) is 8.52. The number of ether oxygens (including phenoxy) is 2. The van der Waals surface area contributed by atoms with Gasteiger partial charge in [-0.05, 0) is 38.9 Å². The summed E-state index contributed by atoms with van der Waals surface area (Å²) in [5.41, 5.74) is 1.11. The van der Waals surface area contributed by atoms with Gasteiger partial charge in [-0.1, -0.05) is 12.1 Å². The third-order valence-corrected chi connectivity index (χ3v) is 5.88. The minimum absolute atomic E-state index is 0.0909. The summed E-state index contributed by atoms with van der Waals surface area (Å²) < 4.78 is 16.7. The highest BCUT2D eigenvalue weighted by atomic mass is 16.5. The number of nitrogens with zero attached hydrogens (tertiary/aromatic N) is 3. The maximum atomic E-state index is 13.2. The monoisotopic (exact) mass is 444 g/mol. The predicted molar refractivity (Wildman–Crippen MR) is 120 cm³/mol. The van der Waals surface area contributed by atoms with Crippen molar-refractivity contribution in [1.29, 1.82) is 0 Å². The zero-order valence-electron chi connectivity index (χ0n) is 19.5. The maximum absolute atomic E-state index is 13.2. The largest absolute Gasteiger partial charge is 0.491 e. The van der Waals surface area contributed by atoms with Crippen LogP contribution in [0, 0.1) is 12.8 Å². The molecule has 0 saturated heterocycles. The molecule has 0 spiro atoms. The first-order valence-electron chi connectivity index (χ1n) is 10.7. The third kappa shape index (κ3) is 5.46. The number of carbonyl (C=O) groups excluding carboxylic acids is 2. The number of nitrogens with one attached hydrogen (secondary N) is 1. The maximum Gasteiger partial charge on any atom is 0.277 e. The second-order valence-electron chi connectivity index (χ2n) is 8.52. The summed E-state index contributed by atoms with van der Waals surface area (Å²) >= 11 is 0. The van der Waals surface area contributed by atoms with Crippen molar-refractivity contribution in [3.8, 4) is 5.75 Å². The smallest absolute Gasteiger partial charge is 0.277 e. The number of hydrogen-bond acceptors (Lipinski definition) is 7. The number of benzene rings is 1. The molecule has 2 amide bonds. The molecule has 0 saturated carbocycles. The Morgan fingerprint density at radius 1 is 1.22 bits per heavy atom. The van der Waals surface area contributed by atoms with Gasteiger partial charge in [0.2, 0.25) is 0 Å². The number of hydrogen-bond donors (Lipinski definition) is 1. The fourth-order valence-electron chi connectivity index (χ4n) is 3.70. The molecule has 0 radical (unpaired) electrons. The Labute approximate surface area is 188 Å². The summed E-state index contributed by atoms with van der Waals surface area (Å²) in [4.78, 5) is 29.5. The lowest BCUT2D eigenvalue weighted by Crippen LogP contribution is -2.45. The van der Waals surface area contributed by atoms with E-state index in [-0.39, 0.29) is 29.7 Å². The summed E-state index contributed by atoms with van der Waals surface area (Å²) in [5, 5.41) is 6.51. The van der Waals surface area contributed by atoms with Gasteiger partial charge in [0.25, 0.3) is 11.8 Å². The van der Waals surface area contributed by atoms with Gasteiger partial charge in [-0.2, -0.15) is 0 Å². The van der Waals surface area contributed by atoms with E-state index in [1.165, 1.54) is 0 Å². The van der Waals surface area contributed by atoms with E-state index >= 15 is 0 Å². The van der Waals surface area contributed by atoms with Gasteiger partial charge in [0.15, 0.2) is 5.69 Å². The van der Waals surface area contributed by atoms with Gasteiger partial charge in [-0.15, -0.1) is 0 Å². The first-order chi connectivity index (χ1) is 15.2. The predicted octanol–water partition coefficient (Wildman–Crippen LogP) is 2.67. The van der Waals surface area contributed by atoms with Crippen LogP contribution in [0.1, 0.15) is 40.5 Å². The Bertz CT molecular complexity index is 960. The molecule has 1 N–H and O–H groups in total. The summed E-state index contributed by atoms with van der Waals surface area (Å²) in [6.07, 6.45) is -0.0909. The molecule has 0 fully saturated rings. The van der Waals surface area contributed by atoms with E-state index in [0.29, 0.717) is 35.9 Å². The molecule has 1 aromatic heterocycles. The van der Waals surface area contributed by atoms with Crippen LogP contribution in [0.15, 0.2) is 28.8 Å². The number of anilines is 1. The molecular weight excluding hydrogens is 412 g/mol. The summed E-state index contributed by atoms with van der Waals surface area (Å²) in [6, 6.07) is 6.69. The van der Waals surface area contributed by atoms with E-state index in [9.17, 15) is 9.59 Å². The number of likely N-dealkylation sites (N-methyl/N-ethyl adjacent to an activating group) is 2. The number of carbonyl (C=O) groups is 2. The van der Waals surface area contributed by atoms with Crippen LogP contribution >= 0.6 is 0 Å². The highest BCUT2D eigenvalue weighted by Crippen LogP contribution is 2.27. The quantitative estimate of drug-likeness (QED) is 0.777. The standard InChI is InChI=1S/C23H32N4O5/c1-14-11-26(4)15(2)13-31-20-10-17(24-22(28)19-9-16(3)32-25-19)7-8-18(20)23(29)27(5)12-21(14)30-6/h7-10,14-15,21H,11-13H2,1-6H3,(H,24,28)/t14-,15-,21-/m1/s1. The molecule has 1 aromatic carbocycles. The molecule has 0 unspecified atom stereocenters. The Morgan fingerprint density at radius 3 is 2.62 bits per heavy atom. The number of aromatic nitrogens is 1. The first-order valence-corrected chi connectivity index (χ1v) is 10.7. The molecule has 0 bridgehead atoms. The van der Waals surface area contributed by atoms with Crippen molar-refractivity contribution in [2.24, 2.45) is 5.92 Å². The van der Waals surface area contributed by atoms with Crippen molar-refractivity contribution in [3.05, 3.63) is 41.3 Å². The van der Waals surface area contributed by atoms with Gasteiger partial charge in [-0.25, -0.2) is 0 Å². The number of rotatable bonds is 3. The highest BCUT2D eigenvalue weighted by Gasteiger charge is 2.27. The van der Waals surface area contributed by atoms with Gasteiger partial charge >= 0.3 is 0 Å². The number of fused-ring (bicyclic) bond motifs is 1. The average molecular weight is 445 g/mol. The Kier molecular flexibility index (Phi) is 7.52. The Hall–Kier alpha value is -2.91. The summed E-state index contributed by atoms with van der Waals surface area (Å²) in [5.74, 6) is 0.633. The van der Waals surface area contributed by atoms with Crippen LogP contribution in [0.25, 0.3) is 0 Å².